The number of halogens is 2. The van der Waals surface area contributed by atoms with Crippen LogP contribution in [0.25, 0.3) is 0 Å². The first-order valence-electron chi connectivity index (χ1n) is 9.33. The Hall–Kier alpha value is -3.35. The Morgan fingerprint density at radius 2 is 1.65 bits per heavy atom. The maximum absolute atomic E-state index is 11.9. The predicted octanol–water partition coefficient (Wildman–Crippen LogP) is 5.05. The van der Waals surface area contributed by atoms with Crippen molar-refractivity contribution < 1.29 is 14.3 Å². The molecule has 6 nitrogen and oxygen atoms in total. The monoisotopic (exact) mass is 455 g/mol. The fourth-order valence-electron chi connectivity index (χ4n) is 2.53. The second kappa shape index (κ2) is 11.2. The van der Waals surface area contributed by atoms with Crippen LogP contribution in [0, 0.1) is 0 Å². The lowest BCUT2D eigenvalue weighted by atomic mass is 10.2. The van der Waals surface area contributed by atoms with Gasteiger partial charge in [-0.1, -0.05) is 53.5 Å². The van der Waals surface area contributed by atoms with E-state index in [2.05, 4.69) is 15.8 Å². The molecule has 0 aliphatic carbocycles. The summed E-state index contributed by atoms with van der Waals surface area (Å²) in [6.07, 6.45) is 1.10. The van der Waals surface area contributed by atoms with Crippen LogP contribution in [0.15, 0.2) is 77.9 Å². The van der Waals surface area contributed by atoms with E-state index in [1.807, 2.05) is 54.6 Å². The number of hydrogen-bond donors (Lipinski definition) is 2. The predicted molar refractivity (Wildman–Crippen MR) is 123 cm³/mol. The molecule has 0 fully saturated rings. The number of ether oxygens (including phenoxy) is 1. The van der Waals surface area contributed by atoms with E-state index in [1.165, 1.54) is 12.3 Å². The molecule has 0 aromatic heterocycles. The highest BCUT2D eigenvalue weighted by atomic mass is 35.5. The molecule has 8 heteroatoms. The molecule has 158 valence electrons. The van der Waals surface area contributed by atoms with Gasteiger partial charge in [0.25, 0.3) is 0 Å². The summed E-state index contributed by atoms with van der Waals surface area (Å²) in [5.74, 6) is -0.313. The van der Waals surface area contributed by atoms with Gasteiger partial charge in [-0.05, 0) is 53.6 Å². The molecule has 0 spiro atoms. The van der Waals surface area contributed by atoms with Crippen LogP contribution in [0.1, 0.15) is 17.5 Å². The van der Waals surface area contributed by atoms with Gasteiger partial charge < -0.3 is 10.1 Å². The Morgan fingerprint density at radius 1 is 0.903 bits per heavy atom. The number of benzene rings is 3. The fraction of sp³-hybridized carbons (Fsp3) is 0.0870. The summed E-state index contributed by atoms with van der Waals surface area (Å²) in [6.45, 7) is 0.481. The van der Waals surface area contributed by atoms with Crippen molar-refractivity contribution in [3.8, 4) is 5.75 Å². The molecule has 0 aliphatic heterocycles. The molecular formula is C23H19Cl2N3O3. The Bertz CT molecular complexity index is 1070. The summed E-state index contributed by atoms with van der Waals surface area (Å²) in [5.41, 5.74) is 4.62. The van der Waals surface area contributed by atoms with Crippen molar-refractivity contribution in [2.45, 2.75) is 13.0 Å². The minimum atomic E-state index is -0.545. The van der Waals surface area contributed by atoms with Crippen molar-refractivity contribution in [3.63, 3.8) is 0 Å². The van der Waals surface area contributed by atoms with Crippen molar-refractivity contribution >= 4 is 46.9 Å². The first kappa shape index (κ1) is 22.3. The highest BCUT2D eigenvalue weighted by molar-refractivity contribution is 6.42. The van der Waals surface area contributed by atoms with E-state index in [-0.39, 0.29) is 6.42 Å². The van der Waals surface area contributed by atoms with Crippen LogP contribution < -0.4 is 15.5 Å². The molecule has 0 aliphatic rings. The van der Waals surface area contributed by atoms with Crippen molar-refractivity contribution in [2.24, 2.45) is 5.10 Å². The molecule has 0 bridgehead atoms. The molecule has 0 saturated heterocycles. The van der Waals surface area contributed by atoms with Crippen LogP contribution >= 0.6 is 23.2 Å². The summed E-state index contributed by atoms with van der Waals surface area (Å²) in [5, 5.41) is 7.12. The average molecular weight is 456 g/mol. The standard InChI is InChI=1S/C23H19Cl2N3O3/c24-20-11-8-18(12-21(20)25)27-22(29)13-23(30)28-26-14-16-6-9-19(10-7-16)31-15-17-4-2-1-3-5-17/h1-12,14H,13,15H2,(H,27,29)(H,28,30). The molecule has 3 aromatic rings. The number of rotatable bonds is 8. The molecule has 0 radical (unpaired) electrons. The zero-order valence-corrected chi connectivity index (χ0v) is 17.9. The lowest BCUT2D eigenvalue weighted by Crippen LogP contribution is -2.24. The largest absolute Gasteiger partial charge is 0.489 e. The molecular weight excluding hydrogens is 437 g/mol. The number of carbonyl (C=O) groups excluding carboxylic acids is 2. The van der Waals surface area contributed by atoms with Gasteiger partial charge in [-0.3, -0.25) is 9.59 Å². The quantitative estimate of drug-likeness (QED) is 0.283. The second-order valence-corrected chi connectivity index (χ2v) is 7.30. The SMILES string of the molecule is O=C(CC(=O)Nc1ccc(Cl)c(Cl)c1)NN=Cc1ccc(OCc2ccccc2)cc1. The number of amides is 2. The van der Waals surface area contributed by atoms with Gasteiger partial charge in [0.15, 0.2) is 0 Å². The van der Waals surface area contributed by atoms with Crippen molar-refractivity contribution in [1.82, 2.24) is 5.43 Å². The lowest BCUT2D eigenvalue weighted by Gasteiger charge is -2.06. The van der Waals surface area contributed by atoms with E-state index < -0.39 is 11.8 Å². The first-order chi connectivity index (χ1) is 15.0. The lowest BCUT2D eigenvalue weighted by molar-refractivity contribution is -0.126. The number of nitrogens with zero attached hydrogens (tertiary/aromatic N) is 1. The Kier molecular flexibility index (Phi) is 8.04. The van der Waals surface area contributed by atoms with Gasteiger partial charge in [-0.2, -0.15) is 5.10 Å². The van der Waals surface area contributed by atoms with Gasteiger partial charge in [0, 0.05) is 5.69 Å². The molecule has 2 N–H and O–H groups in total. The Balaban J connectivity index is 1.42. The normalized spacial score (nSPS) is 10.6. The zero-order chi connectivity index (χ0) is 22.1. The van der Waals surface area contributed by atoms with E-state index in [0.29, 0.717) is 22.3 Å². The van der Waals surface area contributed by atoms with Crippen LogP contribution in [-0.2, 0) is 16.2 Å². The summed E-state index contributed by atoms with van der Waals surface area (Å²) < 4.78 is 5.72. The molecule has 0 unspecified atom stereocenters. The highest BCUT2D eigenvalue weighted by Crippen LogP contribution is 2.25. The number of hydrogen-bond acceptors (Lipinski definition) is 4. The van der Waals surface area contributed by atoms with Crippen LogP contribution in [0.3, 0.4) is 0 Å². The molecule has 3 aromatic carbocycles. The van der Waals surface area contributed by atoms with Crippen LogP contribution in [0.5, 0.6) is 5.75 Å². The van der Waals surface area contributed by atoms with E-state index >= 15 is 0 Å². The summed E-state index contributed by atoms with van der Waals surface area (Å²) >= 11 is 11.7. The van der Waals surface area contributed by atoms with E-state index in [4.69, 9.17) is 27.9 Å². The minimum Gasteiger partial charge on any atom is -0.489 e. The van der Waals surface area contributed by atoms with E-state index in [0.717, 1.165) is 16.9 Å². The Morgan fingerprint density at radius 3 is 2.35 bits per heavy atom. The second-order valence-electron chi connectivity index (χ2n) is 6.49. The van der Waals surface area contributed by atoms with Crippen LogP contribution in [0.4, 0.5) is 5.69 Å². The summed E-state index contributed by atoms with van der Waals surface area (Å²) in [6, 6.07) is 21.8. The topological polar surface area (TPSA) is 79.8 Å². The van der Waals surface area contributed by atoms with E-state index in [1.54, 1.807) is 12.1 Å². The summed E-state index contributed by atoms with van der Waals surface area (Å²) in [4.78, 5) is 23.8. The first-order valence-corrected chi connectivity index (χ1v) is 10.1. The summed E-state index contributed by atoms with van der Waals surface area (Å²) in [7, 11) is 0. The molecule has 31 heavy (non-hydrogen) atoms. The third kappa shape index (κ3) is 7.44. The maximum atomic E-state index is 11.9. The van der Waals surface area contributed by atoms with Gasteiger partial charge in [0.2, 0.25) is 11.8 Å². The number of anilines is 1. The molecule has 0 heterocycles. The minimum absolute atomic E-state index is 0.310. The molecule has 0 saturated carbocycles. The van der Waals surface area contributed by atoms with Gasteiger partial charge in [-0.15, -0.1) is 0 Å². The maximum Gasteiger partial charge on any atom is 0.249 e. The van der Waals surface area contributed by atoms with Gasteiger partial charge in [-0.25, -0.2) is 5.43 Å². The number of nitrogens with one attached hydrogen (secondary N) is 2. The highest BCUT2D eigenvalue weighted by Gasteiger charge is 2.10. The third-order valence-electron chi connectivity index (χ3n) is 4.06. The molecule has 3 rings (SSSR count). The van der Waals surface area contributed by atoms with Crippen molar-refractivity contribution in [3.05, 3.63) is 94.0 Å². The average Bonchev–Trinajstić information content (AvgIpc) is 2.76. The smallest absolute Gasteiger partial charge is 0.249 e. The van der Waals surface area contributed by atoms with Crippen molar-refractivity contribution in [1.29, 1.82) is 0 Å². The van der Waals surface area contributed by atoms with Gasteiger partial charge in [0.05, 0.1) is 16.3 Å². The Labute approximate surface area is 189 Å². The van der Waals surface area contributed by atoms with Crippen LogP contribution in [0.2, 0.25) is 10.0 Å². The number of hydrazone groups is 1. The van der Waals surface area contributed by atoms with E-state index in [9.17, 15) is 9.59 Å². The zero-order valence-electron chi connectivity index (χ0n) is 16.3. The van der Waals surface area contributed by atoms with Crippen molar-refractivity contribution in [2.75, 3.05) is 5.32 Å². The van der Waals surface area contributed by atoms with Gasteiger partial charge >= 0.3 is 0 Å². The van der Waals surface area contributed by atoms with Gasteiger partial charge in [0.1, 0.15) is 18.8 Å². The third-order valence-corrected chi connectivity index (χ3v) is 4.79. The fourth-order valence-corrected chi connectivity index (χ4v) is 2.83. The molecule has 0 atom stereocenters. The molecule has 2 amide bonds. The number of carbonyl (C=O) groups is 2. The van der Waals surface area contributed by atoms with Crippen LogP contribution in [-0.4, -0.2) is 18.0 Å².